The maximum absolute atomic E-state index is 12.2. The Morgan fingerprint density at radius 2 is 2.38 bits per heavy atom. The van der Waals surface area contributed by atoms with Gasteiger partial charge in [-0.3, -0.25) is 14.9 Å². The summed E-state index contributed by atoms with van der Waals surface area (Å²) in [6.07, 6.45) is 2.14. The molecule has 2 unspecified atom stereocenters. The van der Waals surface area contributed by atoms with Gasteiger partial charge in [-0.2, -0.15) is 0 Å². The molecular weight excluding hydrogens is 274 g/mol. The molecule has 21 heavy (non-hydrogen) atoms. The number of methoxy groups -OCH3 is 1. The second-order valence-corrected chi connectivity index (χ2v) is 4.98. The molecule has 8 heteroatoms. The fourth-order valence-corrected chi connectivity index (χ4v) is 2.16. The zero-order valence-electron chi connectivity index (χ0n) is 12.2. The molecule has 0 saturated heterocycles. The molecule has 1 aromatic heterocycles. The van der Waals surface area contributed by atoms with E-state index in [2.05, 4.69) is 25.9 Å². The summed E-state index contributed by atoms with van der Waals surface area (Å²) in [5, 5.41) is 8.52. The maximum Gasteiger partial charge on any atom is 0.242 e. The number of aromatic nitrogens is 2. The lowest BCUT2D eigenvalue weighted by Crippen LogP contribution is -2.53. The Hall–Kier alpha value is -1.93. The quantitative estimate of drug-likeness (QED) is 0.487. The molecule has 0 spiro atoms. The van der Waals surface area contributed by atoms with Crippen molar-refractivity contribution < 1.29 is 14.3 Å². The molecule has 0 saturated carbocycles. The van der Waals surface area contributed by atoms with Crippen LogP contribution in [-0.4, -0.2) is 54.1 Å². The van der Waals surface area contributed by atoms with Crippen LogP contribution in [0, 0.1) is 0 Å². The summed E-state index contributed by atoms with van der Waals surface area (Å²) >= 11 is 0. The third-order valence-electron chi connectivity index (χ3n) is 3.40. The lowest BCUT2D eigenvalue weighted by Gasteiger charge is -2.24. The van der Waals surface area contributed by atoms with E-state index in [1.165, 1.54) is 0 Å². The number of nitrogens with zero attached hydrogens (tertiary/aromatic N) is 1. The standard InChI is InChI=1S/C13H21N5O3/c1-8(12(19)14-3-4-21-2)18-13(20)10-5-9-11(6-15-10)17-7-16-9/h7-8,10,15H,3-6H2,1-2H3,(H,14,19)(H,16,17)(H,18,20). The number of hydrogen-bond acceptors (Lipinski definition) is 5. The van der Waals surface area contributed by atoms with Gasteiger partial charge in [-0.1, -0.05) is 0 Å². The van der Waals surface area contributed by atoms with Crippen LogP contribution < -0.4 is 16.0 Å². The summed E-state index contributed by atoms with van der Waals surface area (Å²) < 4.78 is 4.85. The molecule has 0 aliphatic carbocycles. The van der Waals surface area contributed by atoms with Gasteiger partial charge in [0.05, 0.1) is 30.4 Å². The molecule has 2 heterocycles. The van der Waals surface area contributed by atoms with Crippen LogP contribution in [0.25, 0.3) is 0 Å². The first-order valence-electron chi connectivity index (χ1n) is 6.93. The van der Waals surface area contributed by atoms with Crippen molar-refractivity contribution in [1.29, 1.82) is 0 Å². The van der Waals surface area contributed by atoms with E-state index in [-0.39, 0.29) is 17.9 Å². The minimum Gasteiger partial charge on any atom is -0.383 e. The number of H-pyrrole nitrogens is 1. The first kappa shape index (κ1) is 15.5. The molecule has 0 aromatic carbocycles. The van der Waals surface area contributed by atoms with Crippen LogP contribution in [0.3, 0.4) is 0 Å². The lowest BCUT2D eigenvalue weighted by atomic mass is 10.0. The first-order valence-corrected chi connectivity index (χ1v) is 6.93. The van der Waals surface area contributed by atoms with E-state index in [1.807, 2.05) is 0 Å². The highest BCUT2D eigenvalue weighted by Gasteiger charge is 2.27. The fraction of sp³-hybridized carbons (Fsp3) is 0.615. The average molecular weight is 295 g/mol. The smallest absolute Gasteiger partial charge is 0.242 e. The average Bonchev–Trinajstić information content (AvgIpc) is 2.94. The Balaban J connectivity index is 1.80. The Labute approximate surface area is 123 Å². The fourth-order valence-electron chi connectivity index (χ4n) is 2.16. The van der Waals surface area contributed by atoms with E-state index >= 15 is 0 Å². The van der Waals surface area contributed by atoms with Crippen molar-refractivity contribution in [2.75, 3.05) is 20.3 Å². The molecule has 0 bridgehead atoms. The van der Waals surface area contributed by atoms with Gasteiger partial charge in [-0.25, -0.2) is 4.98 Å². The Kier molecular flexibility index (Phi) is 5.29. The molecule has 0 radical (unpaired) electrons. The van der Waals surface area contributed by atoms with E-state index in [0.29, 0.717) is 26.1 Å². The second kappa shape index (κ2) is 7.19. The summed E-state index contributed by atoms with van der Waals surface area (Å²) in [6, 6.07) is -0.952. The van der Waals surface area contributed by atoms with Crippen LogP contribution in [0.2, 0.25) is 0 Å². The number of amides is 2. The van der Waals surface area contributed by atoms with E-state index in [1.54, 1.807) is 20.4 Å². The predicted molar refractivity (Wildman–Crippen MR) is 75.4 cm³/mol. The van der Waals surface area contributed by atoms with Gasteiger partial charge in [0.2, 0.25) is 11.8 Å². The zero-order valence-corrected chi connectivity index (χ0v) is 12.2. The van der Waals surface area contributed by atoms with Crippen molar-refractivity contribution in [2.45, 2.75) is 32.0 Å². The number of nitrogens with one attached hydrogen (secondary N) is 4. The minimum absolute atomic E-state index is 0.196. The summed E-state index contributed by atoms with van der Waals surface area (Å²) in [7, 11) is 1.56. The van der Waals surface area contributed by atoms with Crippen molar-refractivity contribution in [3.63, 3.8) is 0 Å². The second-order valence-electron chi connectivity index (χ2n) is 4.98. The Bertz CT molecular complexity index is 502. The van der Waals surface area contributed by atoms with Crippen molar-refractivity contribution in [1.82, 2.24) is 25.9 Å². The van der Waals surface area contributed by atoms with Gasteiger partial charge in [-0.05, 0) is 6.92 Å². The summed E-state index contributed by atoms with van der Waals surface area (Å²) in [5.41, 5.74) is 1.90. The number of imidazole rings is 1. The summed E-state index contributed by atoms with van der Waals surface area (Å²) in [6.45, 7) is 3.09. The van der Waals surface area contributed by atoms with Crippen LogP contribution in [-0.2, 0) is 27.3 Å². The molecule has 116 valence electrons. The van der Waals surface area contributed by atoms with Crippen molar-refractivity contribution >= 4 is 11.8 Å². The minimum atomic E-state index is -0.586. The molecule has 0 fully saturated rings. The van der Waals surface area contributed by atoms with E-state index in [9.17, 15) is 9.59 Å². The monoisotopic (exact) mass is 295 g/mol. The van der Waals surface area contributed by atoms with E-state index in [4.69, 9.17) is 4.74 Å². The van der Waals surface area contributed by atoms with Crippen LogP contribution in [0.1, 0.15) is 18.3 Å². The molecule has 1 aliphatic rings. The van der Waals surface area contributed by atoms with Gasteiger partial charge in [0, 0.05) is 26.6 Å². The van der Waals surface area contributed by atoms with Gasteiger partial charge in [-0.15, -0.1) is 0 Å². The number of rotatable bonds is 6. The normalized spacial score (nSPS) is 18.7. The zero-order chi connectivity index (χ0) is 15.2. The SMILES string of the molecule is COCCNC(=O)C(C)NC(=O)C1Cc2nc[nH]c2CN1. The number of carbonyl (C=O) groups excluding carboxylic acids is 2. The van der Waals surface area contributed by atoms with Crippen molar-refractivity contribution in [3.8, 4) is 0 Å². The Morgan fingerprint density at radius 1 is 1.57 bits per heavy atom. The topological polar surface area (TPSA) is 108 Å². The van der Waals surface area contributed by atoms with Crippen molar-refractivity contribution in [2.24, 2.45) is 0 Å². The maximum atomic E-state index is 12.2. The molecule has 2 amide bonds. The number of hydrogen-bond donors (Lipinski definition) is 4. The van der Waals surface area contributed by atoms with Gasteiger partial charge in [0.1, 0.15) is 6.04 Å². The van der Waals surface area contributed by atoms with Crippen LogP contribution in [0.4, 0.5) is 0 Å². The van der Waals surface area contributed by atoms with Crippen LogP contribution in [0.5, 0.6) is 0 Å². The number of ether oxygens (including phenoxy) is 1. The molecule has 1 aromatic rings. The summed E-state index contributed by atoms with van der Waals surface area (Å²) in [4.78, 5) is 31.1. The van der Waals surface area contributed by atoms with Gasteiger partial charge in [0.25, 0.3) is 0 Å². The molecule has 2 rings (SSSR count). The molecular formula is C13H21N5O3. The number of carbonyl (C=O) groups is 2. The first-order chi connectivity index (χ1) is 10.1. The van der Waals surface area contributed by atoms with Crippen LogP contribution >= 0.6 is 0 Å². The highest BCUT2D eigenvalue weighted by Crippen LogP contribution is 2.12. The summed E-state index contributed by atoms with van der Waals surface area (Å²) in [5.74, 6) is -0.422. The van der Waals surface area contributed by atoms with Gasteiger partial charge in [0.15, 0.2) is 0 Å². The van der Waals surface area contributed by atoms with Gasteiger partial charge >= 0.3 is 0 Å². The van der Waals surface area contributed by atoms with Gasteiger partial charge < -0.3 is 20.4 Å². The largest absolute Gasteiger partial charge is 0.383 e. The predicted octanol–water partition coefficient (Wildman–Crippen LogP) is -1.31. The lowest BCUT2D eigenvalue weighted by molar-refractivity contribution is -0.129. The van der Waals surface area contributed by atoms with Crippen LogP contribution in [0.15, 0.2) is 6.33 Å². The van der Waals surface area contributed by atoms with E-state index in [0.717, 1.165) is 11.4 Å². The molecule has 8 nitrogen and oxygen atoms in total. The Morgan fingerprint density at radius 3 is 3.14 bits per heavy atom. The molecule has 2 atom stereocenters. The third-order valence-corrected chi connectivity index (χ3v) is 3.40. The highest BCUT2D eigenvalue weighted by atomic mass is 16.5. The number of aromatic amines is 1. The van der Waals surface area contributed by atoms with Crippen molar-refractivity contribution in [3.05, 3.63) is 17.7 Å². The highest BCUT2D eigenvalue weighted by molar-refractivity contribution is 5.89. The molecule has 4 N–H and O–H groups in total. The number of fused-ring (bicyclic) bond motifs is 1. The van der Waals surface area contributed by atoms with E-state index < -0.39 is 6.04 Å². The molecule has 1 aliphatic heterocycles. The third kappa shape index (κ3) is 4.02.